The summed E-state index contributed by atoms with van der Waals surface area (Å²) in [6, 6.07) is 24.1. The number of nitrogens with one attached hydrogen (secondary N) is 2. The summed E-state index contributed by atoms with van der Waals surface area (Å²) in [6.07, 6.45) is -1.51. The molecule has 1 aliphatic carbocycles. The summed E-state index contributed by atoms with van der Waals surface area (Å²) >= 11 is 1.03. The van der Waals surface area contributed by atoms with Gasteiger partial charge in [0.05, 0.1) is 12.7 Å². The van der Waals surface area contributed by atoms with Crippen molar-refractivity contribution in [3.8, 4) is 11.1 Å². The molecule has 1 aromatic heterocycles. The summed E-state index contributed by atoms with van der Waals surface area (Å²) in [4.78, 5) is 41.2. The number of ether oxygens (including phenoxy) is 2. The van der Waals surface area contributed by atoms with Gasteiger partial charge in [-0.25, -0.2) is 14.6 Å². The Bertz CT molecular complexity index is 1480. The smallest absolute Gasteiger partial charge is 0.413 e. The van der Waals surface area contributed by atoms with Crippen LogP contribution in [0, 0.1) is 0 Å². The molecule has 2 atom stereocenters. The molecule has 0 fully saturated rings. The summed E-state index contributed by atoms with van der Waals surface area (Å²) in [7, 11) is 0. The molecule has 0 bridgehead atoms. The number of benzene rings is 3. The molecule has 4 aromatic rings. The van der Waals surface area contributed by atoms with E-state index in [0.29, 0.717) is 0 Å². The lowest BCUT2D eigenvalue weighted by atomic mass is 9.98. The third kappa shape index (κ3) is 6.03. The van der Waals surface area contributed by atoms with Crippen LogP contribution >= 0.6 is 11.3 Å². The Morgan fingerprint density at radius 3 is 2.23 bits per heavy atom. The second kappa shape index (κ2) is 12.1. The standard InChI is InChI=1S/C30H27N3O6S/c1-18(38-15-19-9-3-2-4-10-19)26(28(35)36)32-27(34)25-17-40-29(31-25)33-30(37)39-16-24-22-13-7-5-11-20(22)21-12-6-8-14-23(21)24/h2-14,17-18,24,26H,15-16H2,1H3,(H,32,34)(H,35,36)(H,31,33,37)/t18-,26+/m0/s1. The number of hydrogen-bond acceptors (Lipinski definition) is 7. The van der Waals surface area contributed by atoms with E-state index in [1.165, 1.54) is 5.38 Å². The van der Waals surface area contributed by atoms with Crippen LogP contribution < -0.4 is 10.6 Å². The van der Waals surface area contributed by atoms with Crippen LogP contribution in [0.15, 0.2) is 84.2 Å². The zero-order valence-electron chi connectivity index (χ0n) is 21.6. The van der Waals surface area contributed by atoms with Crippen molar-refractivity contribution in [2.45, 2.75) is 31.6 Å². The van der Waals surface area contributed by atoms with E-state index in [1.807, 2.05) is 66.7 Å². The first-order chi connectivity index (χ1) is 19.4. The molecule has 204 valence electrons. The maximum absolute atomic E-state index is 12.7. The molecule has 40 heavy (non-hydrogen) atoms. The van der Waals surface area contributed by atoms with Crippen LogP contribution in [0.1, 0.15) is 40.0 Å². The number of rotatable bonds is 10. The van der Waals surface area contributed by atoms with Gasteiger partial charge in [0.1, 0.15) is 12.3 Å². The summed E-state index contributed by atoms with van der Waals surface area (Å²) in [6.45, 7) is 1.92. The van der Waals surface area contributed by atoms with Crippen molar-refractivity contribution >= 4 is 34.4 Å². The van der Waals surface area contributed by atoms with E-state index in [9.17, 15) is 19.5 Å². The highest BCUT2D eigenvalue weighted by Crippen LogP contribution is 2.44. The van der Waals surface area contributed by atoms with Gasteiger partial charge in [-0.05, 0) is 34.7 Å². The molecule has 0 spiro atoms. The van der Waals surface area contributed by atoms with Crippen molar-refractivity contribution in [3.05, 3.63) is 107 Å². The van der Waals surface area contributed by atoms with Gasteiger partial charge < -0.3 is 19.9 Å². The number of hydrogen-bond donors (Lipinski definition) is 3. The fraction of sp³-hybridized carbons (Fsp3) is 0.200. The van der Waals surface area contributed by atoms with Crippen LogP contribution in [0.25, 0.3) is 11.1 Å². The number of carbonyl (C=O) groups is 3. The van der Waals surface area contributed by atoms with Crippen molar-refractivity contribution in [1.29, 1.82) is 0 Å². The molecule has 2 amide bonds. The summed E-state index contributed by atoms with van der Waals surface area (Å²) in [5, 5.41) is 16.2. The average molecular weight is 558 g/mol. The van der Waals surface area contributed by atoms with E-state index in [-0.39, 0.29) is 30.0 Å². The van der Waals surface area contributed by atoms with Crippen LogP contribution in [-0.4, -0.2) is 46.8 Å². The molecule has 5 rings (SSSR count). The van der Waals surface area contributed by atoms with Gasteiger partial charge in [-0.15, -0.1) is 11.3 Å². The lowest BCUT2D eigenvalue weighted by Crippen LogP contribution is -2.48. The maximum Gasteiger partial charge on any atom is 0.413 e. The van der Waals surface area contributed by atoms with E-state index < -0.39 is 30.1 Å². The molecule has 0 radical (unpaired) electrons. The summed E-state index contributed by atoms with van der Waals surface area (Å²) < 4.78 is 11.2. The number of carbonyl (C=O) groups excluding carboxylic acids is 2. The van der Waals surface area contributed by atoms with Crippen molar-refractivity contribution in [2.24, 2.45) is 0 Å². The first-order valence-corrected chi connectivity index (χ1v) is 13.6. The van der Waals surface area contributed by atoms with Gasteiger partial charge in [-0.1, -0.05) is 78.9 Å². The van der Waals surface area contributed by atoms with Crippen molar-refractivity contribution in [3.63, 3.8) is 0 Å². The minimum atomic E-state index is -1.29. The largest absolute Gasteiger partial charge is 0.480 e. The molecule has 1 heterocycles. The number of carboxylic acid groups (broad SMARTS) is 1. The topological polar surface area (TPSA) is 127 Å². The van der Waals surface area contributed by atoms with Crippen LogP contribution in [0.3, 0.4) is 0 Å². The van der Waals surface area contributed by atoms with Gasteiger partial charge >= 0.3 is 12.1 Å². The highest BCUT2D eigenvalue weighted by atomic mass is 32.1. The van der Waals surface area contributed by atoms with Crippen molar-refractivity contribution < 1.29 is 29.0 Å². The Hall–Kier alpha value is -4.54. The Morgan fingerprint density at radius 1 is 0.950 bits per heavy atom. The lowest BCUT2D eigenvalue weighted by Gasteiger charge is -2.21. The van der Waals surface area contributed by atoms with Gasteiger partial charge in [-0.2, -0.15) is 0 Å². The SMILES string of the molecule is C[C@H](OCc1ccccc1)[C@@H](NC(=O)c1csc(NC(=O)OCC2c3ccccc3-c3ccccc32)n1)C(=O)O. The zero-order valence-corrected chi connectivity index (χ0v) is 22.4. The molecule has 0 unspecified atom stereocenters. The zero-order chi connectivity index (χ0) is 28.1. The quantitative estimate of drug-likeness (QED) is 0.242. The third-order valence-corrected chi connectivity index (χ3v) is 7.42. The first kappa shape index (κ1) is 27.0. The van der Waals surface area contributed by atoms with Gasteiger partial charge in [0.25, 0.3) is 5.91 Å². The molecule has 0 saturated carbocycles. The first-order valence-electron chi connectivity index (χ1n) is 12.7. The fourth-order valence-corrected chi connectivity index (χ4v) is 5.33. The number of carboxylic acids is 1. The Labute approximate surface area is 234 Å². The van der Waals surface area contributed by atoms with Gasteiger partial charge in [0.15, 0.2) is 11.2 Å². The molecule has 3 N–H and O–H groups in total. The predicted molar refractivity (Wildman–Crippen MR) is 150 cm³/mol. The number of anilines is 1. The number of amides is 2. The molecular formula is C30H27N3O6S. The van der Waals surface area contributed by atoms with E-state index in [1.54, 1.807) is 6.92 Å². The number of nitrogens with zero attached hydrogens (tertiary/aromatic N) is 1. The number of fused-ring (bicyclic) bond motifs is 3. The summed E-state index contributed by atoms with van der Waals surface area (Å²) in [5.74, 6) is -2.02. The molecule has 0 aliphatic heterocycles. The number of aromatic nitrogens is 1. The summed E-state index contributed by atoms with van der Waals surface area (Å²) in [5.41, 5.74) is 5.30. The Kier molecular flexibility index (Phi) is 8.18. The minimum Gasteiger partial charge on any atom is -0.480 e. The molecule has 3 aromatic carbocycles. The number of thiazole rings is 1. The Morgan fingerprint density at radius 2 is 1.57 bits per heavy atom. The number of aliphatic carboxylic acids is 1. The van der Waals surface area contributed by atoms with Gasteiger partial charge in [0, 0.05) is 11.3 Å². The van der Waals surface area contributed by atoms with E-state index in [0.717, 1.165) is 39.2 Å². The van der Waals surface area contributed by atoms with E-state index in [4.69, 9.17) is 9.47 Å². The predicted octanol–water partition coefficient (Wildman–Crippen LogP) is 5.29. The highest BCUT2D eigenvalue weighted by molar-refractivity contribution is 7.14. The molecular weight excluding hydrogens is 530 g/mol. The van der Waals surface area contributed by atoms with Crippen LogP contribution in [0.4, 0.5) is 9.93 Å². The second-order valence-electron chi connectivity index (χ2n) is 9.28. The van der Waals surface area contributed by atoms with Crippen LogP contribution in [-0.2, 0) is 20.9 Å². The van der Waals surface area contributed by atoms with E-state index >= 15 is 0 Å². The second-order valence-corrected chi connectivity index (χ2v) is 10.1. The third-order valence-electron chi connectivity index (χ3n) is 6.67. The molecule has 1 aliphatic rings. The lowest BCUT2D eigenvalue weighted by molar-refractivity contribution is -0.143. The molecule has 10 heteroatoms. The minimum absolute atomic E-state index is 0.0274. The van der Waals surface area contributed by atoms with E-state index in [2.05, 4.69) is 27.8 Å². The van der Waals surface area contributed by atoms with Gasteiger partial charge in [0.2, 0.25) is 0 Å². The van der Waals surface area contributed by atoms with Gasteiger partial charge in [-0.3, -0.25) is 10.1 Å². The van der Waals surface area contributed by atoms with Crippen molar-refractivity contribution in [2.75, 3.05) is 11.9 Å². The van der Waals surface area contributed by atoms with Crippen LogP contribution in [0.2, 0.25) is 0 Å². The molecule has 9 nitrogen and oxygen atoms in total. The van der Waals surface area contributed by atoms with Crippen LogP contribution in [0.5, 0.6) is 0 Å². The monoisotopic (exact) mass is 557 g/mol. The fourth-order valence-electron chi connectivity index (χ4n) is 4.65. The molecule has 0 saturated heterocycles. The average Bonchev–Trinajstić information content (AvgIpc) is 3.56. The maximum atomic E-state index is 12.7. The van der Waals surface area contributed by atoms with Crippen molar-refractivity contribution in [1.82, 2.24) is 10.3 Å². The highest BCUT2D eigenvalue weighted by Gasteiger charge is 2.30. The Balaban J connectivity index is 1.16. The normalized spacial score (nSPS) is 13.5.